The average molecular weight is 258 g/mol. The Labute approximate surface area is 112 Å². The lowest BCUT2D eigenvalue weighted by atomic mass is 10.2. The highest BCUT2D eigenvalue weighted by Gasteiger charge is 2.09. The summed E-state index contributed by atoms with van der Waals surface area (Å²) in [6, 6.07) is 7.21. The Bertz CT molecular complexity index is 592. The highest BCUT2D eigenvalue weighted by Crippen LogP contribution is 2.16. The van der Waals surface area contributed by atoms with Gasteiger partial charge in [0.25, 0.3) is 5.56 Å². The Morgan fingerprint density at radius 2 is 2.05 bits per heavy atom. The predicted molar refractivity (Wildman–Crippen MR) is 75.2 cm³/mol. The summed E-state index contributed by atoms with van der Waals surface area (Å²) in [5.41, 5.74) is 0.769. The molecule has 19 heavy (non-hydrogen) atoms. The third-order valence-corrected chi connectivity index (χ3v) is 2.80. The van der Waals surface area contributed by atoms with Crippen molar-refractivity contribution in [3.05, 3.63) is 52.3 Å². The van der Waals surface area contributed by atoms with E-state index in [1.807, 2.05) is 39.0 Å². The van der Waals surface area contributed by atoms with E-state index >= 15 is 0 Å². The monoisotopic (exact) mass is 258 g/mol. The summed E-state index contributed by atoms with van der Waals surface area (Å²) in [6.07, 6.45) is 1.75. The molecule has 0 aromatic carbocycles. The van der Waals surface area contributed by atoms with Crippen LogP contribution in [0.1, 0.15) is 44.2 Å². The van der Waals surface area contributed by atoms with Crippen LogP contribution >= 0.6 is 0 Å². The Morgan fingerprint density at radius 3 is 2.68 bits per heavy atom. The van der Waals surface area contributed by atoms with Crippen LogP contribution in [0, 0.1) is 0 Å². The van der Waals surface area contributed by atoms with Crippen molar-refractivity contribution in [3.63, 3.8) is 0 Å². The van der Waals surface area contributed by atoms with Crippen molar-refractivity contribution in [2.75, 3.05) is 5.32 Å². The molecule has 0 saturated heterocycles. The van der Waals surface area contributed by atoms with Gasteiger partial charge in [0, 0.05) is 18.2 Å². The minimum atomic E-state index is -0.144. The Hall–Kier alpha value is -2.17. The van der Waals surface area contributed by atoms with Crippen LogP contribution in [-0.2, 0) is 0 Å². The highest BCUT2D eigenvalue weighted by molar-refractivity contribution is 5.36. The molecule has 0 aliphatic rings. The summed E-state index contributed by atoms with van der Waals surface area (Å²) in [5, 5.41) is 3.20. The number of anilines is 1. The van der Waals surface area contributed by atoms with Crippen molar-refractivity contribution in [2.24, 2.45) is 0 Å². The van der Waals surface area contributed by atoms with Gasteiger partial charge in [-0.15, -0.1) is 0 Å². The zero-order valence-electron chi connectivity index (χ0n) is 11.3. The van der Waals surface area contributed by atoms with Crippen LogP contribution in [0.2, 0.25) is 0 Å². The number of hydrogen-bond acceptors (Lipinski definition) is 4. The van der Waals surface area contributed by atoms with E-state index in [9.17, 15) is 4.79 Å². The molecule has 100 valence electrons. The maximum Gasteiger partial charge on any atom is 0.252 e. The molecule has 2 heterocycles. The van der Waals surface area contributed by atoms with Crippen LogP contribution in [0.15, 0.2) is 35.3 Å². The molecule has 0 aliphatic carbocycles. The molecule has 0 aliphatic heterocycles. The average Bonchev–Trinajstić information content (AvgIpc) is 2.39. The van der Waals surface area contributed by atoms with Gasteiger partial charge in [0.1, 0.15) is 11.6 Å². The zero-order chi connectivity index (χ0) is 13.8. The molecule has 1 atom stereocenters. The number of aromatic amines is 1. The number of aromatic nitrogens is 3. The van der Waals surface area contributed by atoms with Crippen LogP contribution in [0.5, 0.6) is 0 Å². The summed E-state index contributed by atoms with van der Waals surface area (Å²) in [6.45, 7) is 5.97. The second-order valence-corrected chi connectivity index (χ2v) is 4.79. The molecular formula is C14H18N4O. The first kappa shape index (κ1) is 13.3. The van der Waals surface area contributed by atoms with Gasteiger partial charge in [-0.3, -0.25) is 9.78 Å². The Balaban J connectivity index is 2.22. The fourth-order valence-corrected chi connectivity index (χ4v) is 1.75. The highest BCUT2D eigenvalue weighted by atomic mass is 16.1. The van der Waals surface area contributed by atoms with Crippen molar-refractivity contribution < 1.29 is 0 Å². The number of H-pyrrole nitrogens is 1. The maximum absolute atomic E-state index is 11.6. The van der Waals surface area contributed by atoms with E-state index in [-0.39, 0.29) is 17.5 Å². The number of nitrogens with zero attached hydrogens (tertiary/aromatic N) is 2. The second kappa shape index (κ2) is 5.65. The standard InChI is InChI=1S/C14H18N4O/c1-9(2)14-17-12(8-13(19)18-14)16-10(3)11-6-4-5-7-15-11/h4-10H,1-3H3,(H2,16,17,18,19). The molecule has 0 fully saturated rings. The molecule has 2 rings (SSSR count). The summed E-state index contributed by atoms with van der Waals surface area (Å²) in [4.78, 5) is 23.0. The molecular weight excluding hydrogens is 240 g/mol. The fraction of sp³-hybridized carbons (Fsp3) is 0.357. The van der Waals surface area contributed by atoms with Crippen LogP contribution in [0.4, 0.5) is 5.82 Å². The van der Waals surface area contributed by atoms with E-state index < -0.39 is 0 Å². The van der Waals surface area contributed by atoms with Gasteiger partial charge < -0.3 is 10.3 Å². The van der Waals surface area contributed by atoms with Gasteiger partial charge in [-0.25, -0.2) is 4.98 Å². The van der Waals surface area contributed by atoms with Gasteiger partial charge in [-0.05, 0) is 19.1 Å². The number of rotatable bonds is 4. The molecule has 0 amide bonds. The first-order valence-corrected chi connectivity index (χ1v) is 6.35. The lowest BCUT2D eigenvalue weighted by Crippen LogP contribution is -2.16. The van der Waals surface area contributed by atoms with Crippen molar-refractivity contribution in [1.82, 2.24) is 15.0 Å². The lowest BCUT2D eigenvalue weighted by Gasteiger charge is -2.14. The lowest BCUT2D eigenvalue weighted by molar-refractivity contribution is 0.757. The summed E-state index contributed by atoms with van der Waals surface area (Å²) >= 11 is 0. The Kier molecular flexibility index (Phi) is 3.94. The minimum absolute atomic E-state index is 0.00416. The maximum atomic E-state index is 11.6. The molecule has 2 N–H and O–H groups in total. The van der Waals surface area contributed by atoms with E-state index in [1.54, 1.807) is 6.20 Å². The predicted octanol–water partition coefficient (Wildman–Crippen LogP) is 2.46. The summed E-state index contributed by atoms with van der Waals surface area (Å²) in [5.74, 6) is 1.44. The van der Waals surface area contributed by atoms with Gasteiger partial charge in [-0.2, -0.15) is 0 Å². The normalized spacial score (nSPS) is 12.4. The van der Waals surface area contributed by atoms with Crippen LogP contribution in [-0.4, -0.2) is 15.0 Å². The topological polar surface area (TPSA) is 70.7 Å². The summed E-state index contributed by atoms with van der Waals surface area (Å²) in [7, 11) is 0. The van der Waals surface area contributed by atoms with Crippen LogP contribution in [0.3, 0.4) is 0 Å². The smallest absolute Gasteiger partial charge is 0.252 e. The second-order valence-electron chi connectivity index (χ2n) is 4.79. The van der Waals surface area contributed by atoms with Crippen LogP contribution < -0.4 is 10.9 Å². The number of nitrogens with one attached hydrogen (secondary N) is 2. The number of pyridine rings is 1. The van der Waals surface area contributed by atoms with E-state index in [0.29, 0.717) is 11.6 Å². The van der Waals surface area contributed by atoms with Gasteiger partial charge in [0.2, 0.25) is 0 Å². The minimum Gasteiger partial charge on any atom is -0.362 e. The van der Waals surface area contributed by atoms with Crippen molar-refractivity contribution in [3.8, 4) is 0 Å². The molecule has 5 nitrogen and oxygen atoms in total. The van der Waals surface area contributed by atoms with Gasteiger partial charge in [-0.1, -0.05) is 19.9 Å². The molecule has 1 unspecified atom stereocenters. The van der Waals surface area contributed by atoms with E-state index in [0.717, 1.165) is 5.69 Å². The molecule has 0 spiro atoms. The summed E-state index contributed by atoms with van der Waals surface area (Å²) < 4.78 is 0. The molecule has 2 aromatic heterocycles. The molecule has 0 saturated carbocycles. The molecule has 0 bridgehead atoms. The molecule has 5 heteroatoms. The van der Waals surface area contributed by atoms with Crippen LogP contribution in [0.25, 0.3) is 0 Å². The first-order chi connectivity index (χ1) is 9.06. The largest absolute Gasteiger partial charge is 0.362 e. The van der Waals surface area contributed by atoms with Crippen molar-refractivity contribution in [2.45, 2.75) is 32.7 Å². The third kappa shape index (κ3) is 3.40. The van der Waals surface area contributed by atoms with E-state index in [4.69, 9.17) is 0 Å². The molecule has 0 radical (unpaired) electrons. The van der Waals surface area contributed by atoms with E-state index in [1.165, 1.54) is 6.07 Å². The molecule has 2 aromatic rings. The van der Waals surface area contributed by atoms with Gasteiger partial charge in [0.05, 0.1) is 11.7 Å². The van der Waals surface area contributed by atoms with Crippen molar-refractivity contribution in [1.29, 1.82) is 0 Å². The Morgan fingerprint density at radius 1 is 1.26 bits per heavy atom. The quantitative estimate of drug-likeness (QED) is 0.883. The first-order valence-electron chi connectivity index (χ1n) is 6.35. The van der Waals surface area contributed by atoms with E-state index in [2.05, 4.69) is 20.3 Å². The van der Waals surface area contributed by atoms with Crippen molar-refractivity contribution >= 4 is 5.82 Å². The third-order valence-electron chi connectivity index (χ3n) is 2.80. The fourth-order valence-electron chi connectivity index (χ4n) is 1.75. The van der Waals surface area contributed by atoms with Gasteiger partial charge >= 0.3 is 0 Å². The SMILES string of the molecule is CC(C)c1nc(NC(C)c2ccccn2)cc(=O)[nH]1. The number of hydrogen-bond donors (Lipinski definition) is 2. The zero-order valence-corrected chi connectivity index (χ0v) is 11.3. The van der Waals surface area contributed by atoms with Gasteiger partial charge in [0.15, 0.2) is 0 Å².